The summed E-state index contributed by atoms with van der Waals surface area (Å²) in [4.78, 5) is 0. The fraction of sp³-hybridized carbons (Fsp3) is 0.600. The van der Waals surface area contributed by atoms with E-state index in [1.165, 1.54) is 6.07 Å². The van der Waals surface area contributed by atoms with Gasteiger partial charge in [0.2, 0.25) is 0 Å². The highest BCUT2D eigenvalue weighted by Gasteiger charge is 2.19. The lowest BCUT2D eigenvalue weighted by molar-refractivity contribution is 0.173. The van der Waals surface area contributed by atoms with E-state index in [0.717, 1.165) is 12.3 Å². The molecule has 0 heterocycles. The summed E-state index contributed by atoms with van der Waals surface area (Å²) in [6.45, 7) is 11.8. The summed E-state index contributed by atoms with van der Waals surface area (Å²) in [7, 11) is 0. The third-order valence-electron chi connectivity index (χ3n) is 2.75. The quantitative estimate of drug-likeness (QED) is 0.837. The molecule has 0 unspecified atom stereocenters. The molecule has 0 atom stereocenters. The maximum atomic E-state index is 13.1. The van der Waals surface area contributed by atoms with E-state index in [-0.39, 0.29) is 11.2 Å². The van der Waals surface area contributed by atoms with E-state index in [2.05, 4.69) is 33.0 Å². The lowest BCUT2D eigenvalue weighted by atomic mass is 9.94. The normalized spacial score (nSPS) is 11.9. The van der Waals surface area contributed by atoms with Crippen molar-refractivity contribution in [1.29, 1.82) is 0 Å². The summed E-state index contributed by atoms with van der Waals surface area (Å²) in [6.07, 6.45) is 0. The van der Waals surface area contributed by atoms with Crippen LogP contribution in [0.15, 0.2) is 18.2 Å². The molecule has 0 bridgehead atoms. The Balaban J connectivity index is 2.50. The Bertz CT molecular complexity index is 388. The van der Waals surface area contributed by atoms with Crippen LogP contribution in [0, 0.1) is 18.2 Å². The molecule has 0 amide bonds. The van der Waals surface area contributed by atoms with Gasteiger partial charge in [0.05, 0.1) is 6.61 Å². The van der Waals surface area contributed by atoms with Crippen molar-refractivity contribution in [2.75, 3.05) is 13.2 Å². The lowest BCUT2D eigenvalue weighted by Crippen LogP contribution is -2.37. The van der Waals surface area contributed by atoms with Crippen molar-refractivity contribution < 1.29 is 9.13 Å². The zero-order valence-corrected chi connectivity index (χ0v) is 12.0. The monoisotopic (exact) mass is 253 g/mol. The van der Waals surface area contributed by atoms with Gasteiger partial charge in [0.25, 0.3) is 0 Å². The Morgan fingerprint density at radius 2 is 2.00 bits per heavy atom. The molecular formula is C15H24FNO. The van der Waals surface area contributed by atoms with Gasteiger partial charge < -0.3 is 10.1 Å². The van der Waals surface area contributed by atoms with Gasteiger partial charge in [-0.3, -0.25) is 0 Å². The second kappa shape index (κ2) is 6.19. The highest BCUT2D eigenvalue weighted by Crippen LogP contribution is 2.20. The summed E-state index contributed by atoms with van der Waals surface area (Å²) in [5.41, 5.74) is 0.664. The van der Waals surface area contributed by atoms with E-state index in [4.69, 9.17) is 4.74 Å². The smallest absolute Gasteiger partial charge is 0.126 e. The minimum Gasteiger partial charge on any atom is -0.493 e. The third-order valence-corrected chi connectivity index (χ3v) is 2.75. The maximum absolute atomic E-state index is 13.1. The van der Waals surface area contributed by atoms with Crippen LogP contribution in [0.3, 0.4) is 0 Å². The molecule has 0 radical (unpaired) electrons. The Kier molecular flexibility index (Phi) is 5.15. The first kappa shape index (κ1) is 15.0. The molecule has 1 rings (SSSR count). The van der Waals surface area contributed by atoms with Crippen LogP contribution in [-0.2, 0) is 0 Å². The van der Waals surface area contributed by atoms with Crippen molar-refractivity contribution in [1.82, 2.24) is 5.32 Å². The molecule has 1 N–H and O–H groups in total. The van der Waals surface area contributed by atoms with Crippen LogP contribution >= 0.6 is 0 Å². The van der Waals surface area contributed by atoms with Crippen LogP contribution in [0.25, 0.3) is 0 Å². The van der Waals surface area contributed by atoms with Crippen molar-refractivity contribution >= 4 is 0 Å². The molecule has 2 nitrogen and oxygen atoms in total. The van der Waals surface area contributed by atoms with Crippen LogP contribution < -0.4 is 10.1 Å². The largest absolute Gasteiger partial charge is 0.493 e. The Morgan fingerprint density at radius 1 is 1.33 bits per heavy atom. The molecule has 0 fully saturated rings. The summed E-state index contributed by atoms with van der Waals surface area (Å²) in [5, 5.41) is 3.40. The molecule has 0 aromatic heterocycles. The topological polar surface area (TPSA) is 21.3 Å². The predicted molar refractivity (Wildman–Crippen MR) is 73.6 cm³/mol. The van der Waals surface area contributed by atoms with Gasteiger partial charge in [-0.15, -0.1) is 0 Å². The van der Waals surface area contributed by atoms with Crippen LogP contribution in [0.5, 0.6) is 5.75 Å². The van der Waals surface area contributed by atoms with Gasteiger partial charge in [-0.05, 0) is 30.7 Å². The zero-order valence-electron chi connectivity index (χ0n) is 12.0. The average molecular weight is 253 g/mol. The SMILES string of the molecule is Cc1cc(OCC(C)(C)CNC(C)C)ccc1F. The van der Waals surface area contributed by atoms with Crippen LogP contribution in [0.4, 0.5) is 4.39 Å². The number of ether oxygens (including phenoxy) is 1. The van der Waals surface area contributed by atoms with Crippen molar-refractivity contribution in [2.45, 2.75) is 40.7 Å². The summed E-state index contributed by atoms with van der Waals surface area (Å²) in [6, 6.07) is 5.33. The van der Waals surface area contributed by atoms with E-state index >= 15 is 0 Å². The van der Waals surface area contributed by atoms with Crippen LogP contribution in [-0.4, -0.2) is 19.2 Å². The van der Waals surface area contributed by atoms with Gasteiger partial charge in [0.1, 0.15) is 11.6 Å². The Labute approximate surface area is 110 Å². The zero-order chi connectivity index (χ0) is 13.8. The highest BCUT2D eigenvalue weighted by molar-refractivity contribution is 5.28. The molecule has 1 aromatic rings. The summed E-state index contributed by atoms with van der Waals surface area (Å²) >= 11 is 0. The predicted octanol–water partition coefficient (Wildman–Crippen LogP) is 3.54. The van der Waals surface area contributed by atoms with Gasteiger partial charge in [-0.2, -0.15) is 0 Å². The van der Waals surface area contributed by atoms with Gasteiger partial charge in [0, 0.05) is 18.0 Å². The molecule has 0 spiro atoms. The highest BCUT2D eigenvalue weighted by atomic mass is 19.1. The first-order valence-corrected chi connectivity index (χ1v) is 6.42. The Morgan fingerprint density at radius 3 is 2.56 bits per heavy atom. The Hall–Kier alpha value is -1.09. The fourth-order valence-corrected chi connectivity index (χ4v) is 1.52. The van der Waals surface area contributed by atoms with E-state index in [1.807, 2.05) is 0 Å². The minimum atomic E-state index is -0.192. The van der Waals surface area contributed by atoms with E-state index in [0.29, 0.717) is 18.2 Å². The molecule has 1 aromatic carbocycles. The minimum absolute atomic E-state index is 0.0482. The molecule has 18 heavy (non-hydrogen) atoms. The average Bonchev–Trinajstić information content (AvgIpc) is 2.28. The van der Waals surface area contributed by atoms with Gasteiger partial charge in [-0.25, -0.2) is 4.39 Å². The number of hydrogen-bond donors (Lipinski definition) is 1. The molecular weight excluding hydrogens is 229 g/mol. The van der Waals surface area contributed by atoms with Crippen molar-refractivity contribution in [3.63, 3.8) is 0 Å². The summed E-state index contributed by atoms with van der Waals surface area (Å²) in [5.74, 6) is 0.537. The van der Waals surface area contributed by atoms with E-state index in [1.54, 1.807) is 19.1 Å². The second-order valence-electron chi connectivity index (χ2n) is 5.90. The van der Waals surface area contributed by atoms with Crippen LogP contribution in [0.2, 0.25) is 0 Å². The van der Waals surface area contributed by atoms with Gasteiger partial charge in [-0.1, -0.05) is 27.7 Å². The number of hydrogen-bond acceptors (Lipinski definition) is 2. The van der Waals surface area contributed by atoms with E-state index in [9.17, 15) is 4.39 Å². The molecule has 0 saturated heterocycles. The molecule has 0 saturated carbocycles. The fourth-order valence-electron chi connectivity index (χ4n) is 1.52. The van der Waals surface area contributed by atoms with E-state index < -0.39 is 0 Å². The number of rotatable bonds is 6. The lowest BCUT2D eigenvalue weighted by Gasteiger charge is -2.26. The third kappa shape index (κ3) is 5.05. The van der Waals surface area contributed by atoms with Crippen molar-refractivity contribution in [2.24, 2.45) is 5.41 Å². The summed E-state index contributed by atoms with van der Waals surface area (Å²) < 4.78 is 18.8. The van der Waals surface area contributed by atoms with Crippen LogP contribution in [0.1, 0.15) is 33.3 Å². The van der Waals surface area contributed by atoms with Gasteiger partial charge in [0.15, 0.2) is 0 Å². The van der Waals surface area contributed by atoms with Gasteiger partial charge >= 0.3 is 0 Å². The molecule has 0 aliphatic carbocycles. The first-order chi connectivity index (χ1) is 8.30. The van der Waals surface area contributed by atoms with Crippen molar-refractivity contribution in [3.8, 4) is 5.75 Å². The first-order valence-electron chi connectivity index (χ1n) is 6.42. The molecule has 3 heteroatoms. The number of benzene rings is 1. The molecule has 102 valence electrons. The molecule has 0 aliphatic rings. The molecule has 0 aliphatic heterocycles. The second-order valence-corrected chi connectivity index (χ2v) is 5.90. The number of nitrogens with one attached hydrogen (secondary N) is 1. The maximum Gasteiger partial charge on any atom is 0.126 e. The number of aryl methyl sites for hydroxylation is 1. The standard InChI is InChI=1S/C15H24FNO/c1-11(2)17-9-15(4,5)10-18-13-6-7-14(16)12(3)8-13/h6-8,11,17H,9-10H2,1-5H3. The van der Waals surface area contributed by atoms with Crippen molar-refractivity contribution in [3.05, 3.63) is 29.6 Å². The number of halogens is 1.